The van der Waals surface area contributed by atoms with E-state index in [-0.39, 0.29) is 0 Å². The first-order valence-corrected chi connectivity index (χ1v) is 7.29. The van der Waals surface area contributed by atoms with Crippen molar-refractivity contribution in [3.63, 3.8) is 0 Å². The van der Waals surface area contributed by atoms with Crippen molar-refractivity contribution >= 4 is 0 Å². The molecule has 3 rings (SSSR count). The third kappa shape index (κ3) is 3.10. The second-order valence-electron chi connectivity index (χ2n) is 6.14. The van der Waals surface area contributed by atoms with Gasteiger partial charge in [0.2, 0.25) is 0 Å². The van der Waals surface area contributed by atoms with Crippen molar-refractivity contribution < 1.29 is 0 Å². The van der Waals surface area contributed by atoms with E-state index in [9.17, 15) is 0 Å². The summed E-state index contributed by atoms with van der Waals surface area (Å²) in [5.74, 6) is 0.921. The van der Waals surface area contributed by atoms with E-state index in [0.717, 1.165) is 18.8 Å². The van der Waals surface area contributed by atoms with Crippen molar-refractivity contribution in [3.05, 3.63) is 47.6 Å². The minimum absolute atomic E-state index is 0.482. The molecule has 0 spiro atoms. The fourth-order valence-corrected chi connectivity index (χ4v) is 3.89. The summed E-state index contributed by atoms with van der Waals surface area (Å²) >= 11 is 0. The maximum atomic E-state index is 4.00. The van der Waals surface area contributed by atoms with Crippen molar-refractivity contribution in [3.8, 4) is 12.8 Å². The Bertz CT molecular complexity index is 456. The van der Waals surface area contributed by atoms with Gasteiger partial charge in [-0.2, -0.15) is 0 Å². The molecule has 0 radical (unpaired) electrons. The van der Waals surface area contributed by atoms with E-state index in [1.54, 1.807) is 11.1 Å². The van der Waals surface area contributed by atoms with Crippen LogP contribution in [0.5, 0.6) is 0 Å². The highest BCUT2D eigenvalue weighted by Crippen LogP contribution is 2.56. The van der Waals surface area contributed by atoms with Crippen LogP contribution in [-0.2, 0) is 0 Å². The zero-order valence-corrected chi connectivity index (χ0v) is 11.9. The van der Waals surface area contributed by atoms with Crippen LogP contribution in [0, 0.1) is 24.2 Å². The van der Waals surface area contributed by atoms with Crippen molar-refractivity contribution in [2.24, 2.45) is 11.3 Å². The predicted octanol–water partition coefficient (Wildman–Crippen LogP) is 5.20. The highest BCUT2D eigenvalue weighted by molar-refractivity contribution is 5.30. The van der Waals surface area contributed by atoms with Crippen molar-refractivity contribution in [1.29, 1.82) is 0 Å². The number of rotatable bonds is 0. The lowest BCUT2D eigenvalue weighted by Gasteiger charge is -2.32. The third-order valence-corrected chi connectivity index (χ3v) is 4.60. The first-order valence-electron chi connectivity index (χ1n) is 7.29. The van der Waals surface area contributed by atoms with Crippen LogP contribution in [0.3, 0.4) is 0 Å². The van der Waals surface area contributed by atoms with Gasteiger partial charge >= 0.3 is 0 Å². The summed E-state index contributed by atoms with van der Waals surface area (Å²) in [6.07, 6.45) is 29.6. The Morgan fingerprint density at radius 1 is 1.11 bits per heavy atom. The second-order valence-corrected chi connectivity index (χ2v) is 6.14. The summed E-state index contributed by atoms with van der Waals surface area (Å²) in [5.41, 5.74) is 3.89. The Labute approximate surface area is 118 Å². The van der Waals surface area contributed by atoms with Gasteiger partial charge in [0.1, 0.15) is 0 Å². The van der Waals surface area contributed by atoms with Gasteiger partial charge in [-0.1, -0.05) is 54.5 Å². The first-order chi connectivity index (χ1) is 9.26. The molecule has 3 aliphatic carbocycles. The second kappa shape index (κ2) is 6.11. The fraction of sp³-hybridized carbons (Fsp3) is 0.474. The summed E-state index contributed by atoms with van der Waals surface area (Å²) in [4.78, 5) is 0. The monoisotopic (exact) mass is 252 g/mol. The molecule has 0 N–H and O–H groups in total. The van der Waals surface area contributed by atoms with Crippen LogP contribution < -0.4 is 0 Å². The summed E-state index contributed by atoms with van der Waals surface area (Å²) < 4.78 is 0. The Kier molecular flexibility index (Phi) is 4.48. The van der Waals surface area contributed by atoms with Gasteiger partial charge in [-0.05, 0) is 49.9 Å². The van der Waals surface area contributed by atoms with E-state index in [1.807, 2.05) is 0 Å². The molecule has 2 unspecified atom stereocenters. The van der Waals surface area contributed by atoms with Crippen LogP contribution in [0.2, 0.25) is 0 Å². The maximum absolute atomic E-state index is 4.00. The minimum atomic E-state index is 0.482. The smallest absolute Gasteiger partial charge is 0.00761 e. The Morgan fingerprint density at radius 2 is 1.89 bits per heavy atom. The van der Waals surface area contributed by atoms with E-state index in [0.29, 0.717) is 5.41 Å². The van der Waals surface area contributed by atoms with Crippen molar-refractivity contribution in [1.82, 2.24) is 0 Å². The van der Waals surface area contributed by atoms with Crippen molar-refractivity contribution in [2.75, 3.05) is 0 Å². The molecule has 0 saturated heterocycles. The Morgan fingerprint density at radius 3 is 2.74 bits per heavy atom. The van der Waals surface area contributed by atoms with Crippen LogP contribution in [0.4, 0.5) is 0 Å². The summed E-state index contributed by atoms with van der Waals surface area (Å²) in [5, 5.41) is 0. The lowest BCUT2D eigenvalue weighted by Crippen LogP contribution is -2.19. The summed E-state index contributed by atoms with van der Waals surface area (Å²) in [6, 6.07) is 0. The van der Waals surface area contributed by atoms with Crippen LogP contribution in [0.25, 0.3) is 0 Å². The van der Waals surface area contributed by atoms with Crippen LogP contribution in [0.1, 0.15) is 45.4 Å². The molecule has 3 aliphatic rings. The lowest BCUT2D eigenvalue weighted by molar-refractivity contribution is 0.318. The van der Waals surface area contributed by atoms with Crippen LogP contribution >= 0.6 is 0 Å². The molecule has 0 nitrogen and oxygen atoms in total. The predicted molar refractivity (Wildman–Crippen MR) is 83.6 cm³/mol. The molecule has 0 amide bonds. The minimum Gasteiger partial charge on any atom is -0.124 e. The number of fused-ring (bicyclic) bond motifs is 2. The highest BCUT2D eigenvalue weighted by atomic mass is 14.5. The molecule has 0 aliphatic heterocycles. The largest absolute Gasteiger partial charge is 0.124 e. The van der Waals surface area contributed by atoms with Gasteiger partial charge in [-0.3, -0.25) is 0 Å². The fourth-order valence-electron chi connectivity index (χ4n) is 3.89. The number of hydrogen-bond acceptors (Lipinski definition) is 0. The number of allylic oxidation sites excluding steroid dienone is 8. The van der Waals surface area contributed by atoms with Gasteiger partial charge in [0.25, 0.3) is 0 Å². The van der Waals surface area contributed by atoms with Crippen molar-refractivity contribution in [2.45, 2.75) is 45.4 Å². The van der Waals surface area contributed by atoms with Gasteiger partial charge in [-0.15, -0.1) is 12.8 Å². The van der Waals surface area contributed by atoms with Gasteiger partial charge in [0.15, 0.2) is 0 Å². The maximum Gasteiger partial charge on any atom is -0.00761 e. The zero-order chi connectivity index (χ0) is 13.7. The van der Waals surface area contributed by atoms with E-state index in [4.69, 9.17) is 0 Å². The molecule has 0 heterocycles. The molecule has 0 aromatic heterocycles. The topological polar surface area (TPSA) is 0 Å². The van der Waals surface area contributed by atoms with E-state index in [1.165, 1.54) is 25.7 Å². The van der Waals surface area contributed by atoms with Gasteiger partial charge < -0.3 is 0 Å². The molecule has 0 aromatic carbocycles. The molecule has 100 valence electrons. The average molecular weight is 252 g/mol. The van der Waals surface area contributed by atoms with Crippen LogP contribution in [0.15, 0.2) is 47.6 Å². The van der Waals surface area contributed by atoms with E-state index in [2.05, 4.69) is 56.2 Å². The molecule has 0 heteroatoms. The normalized spacial score (nSPS) is 41.3. The SMILES string of the molecule is C#C.CC12C/C3=C\C=C/C/C=C\C/C=C\1CC(C3)C2. The van der Waals surface area contributed by atoms with Crippen LogP contribution in [-0.4, -0.2) is 0 Å². The molecule has 2 saturated carbocycles. The Balaban J connectivity index is 0.000000637. The van der Waals surface area contributed by atoms with E-state index < -0.39 is 0 Å². The molecule has 19 heavy (non-hydrogen) atoms. The summed E-state index contributed by atoms with van der Waals surface area (Å²) in [6.45, 7) is 2.48. The molecule has 2 atom stereocenters. The average Bonchev–Trinajstić information content (AvgIpc) is 2.64. The Hall–Kier alpha value is -1.48. The third-order valence-electron chi connectivity index (χ3n) is 4.60. The standard InChI is InChI=1S/C17H22.C2H2/c1-17-12-14-8-6-4-2-3-5-7-9-16(17)11-15(10-14)13-17;1-2/h3-6,8-9,15H,2,7,10-13H2,1H3;1-2H/b5-3-,6-4-,14-8-,16-9-;. The molecular weight excluding hydrogens is 228 g/mol. The zero-order valence-electron chi connectivity index (χ0n) is 11.9. The van der Waals surface area contributed by atoms with Gasteiger partial charge in [0.05, 0.1) is 0 Å². The lowest BCUT2D eigenvalue weighted by atomic mass is 9.73. The van der Waals surface area contributed by atoms with Gasteiger partial charge in [-0.25, -0.2) is 0 Å². The highest BCUT2D eigenvalue weighted by Gasteiger charge is 2.43. The first kappa shape index (κ1) is 13.9. The molecule has 3 bridgehead atoms. The quantitative estimate of drug-likeness (QED) is 0.410. The van der Waals surface area contributed by atoms with Gasteiger partial charge in [0, 0.05) is 0 Å². The summed E-state index contributed by atoms with van der Waals surface area (Å²) in [7, 11) is 0. The molecular formula is C19H24. The van der Waals surface area contributed by atoms with E-state index >= 15 is 0 Å². The number of hydrogen-bond donors (Lipinski definition) is 0. The molecule has 0 aromatic rings. The number of terminal acetylenes is 1. The molecule has 2 fully saturated rings.